The summed E-state index contributed by atoms with van der Waals surface area (Å²) in [6.45, 7) is 0.596. The summed E-state index contributed by atoms with van der Waals surface area (Å²) in [4.78, 5) is 4.65. The van der Waals surface area contributed by atoms with E-state index in [1.165, 1.54) is 12.1 Å². The Labute approximate surface area is 144 Å². The molecular formula is C20H16N2O3. The number of benzene rings is 3. The quantitative estimate of drug-likeness (QED) is 0.498. The number of phenols is 3. The molecule has 3 N–H and O–H groups in total. The molecule has 0 saturated carbocycles. The zero-order valence-corrected chi connectivity index (χ0v) is 13.3. The number of hydrogen-bond acceptors (Lipinski definition) is 4. The molecule has 0 aliphatic rings. The number of aromatic nitrogens is 2. The molecule has 4 rings (SSSR count). The number of para-hydroxylation sites is 2. The lowest BCUT2D eigenvalue weighted by molar-refractivity contribution is 0.368. The van der Waals surface area contributed by atoms with Crippen molar-refractivity contribution in [3.8, 4) is 28.6 Å². The predicted octanol–water partition coefficient (Wildman–Crippen LogP) is 3.87. The Kier molecular flexibility index (Phi) is 3.54. The van der Waals surface area contributed by atoms with Gasteiger partial charge in [0.15, 0.2) is 17.2 Å². The summed E-state index contributed by atoms with van der Waals surface area (Å²) in [5.74, 6) is -0.688. The van der Waals surface area contributed by atoms with Crippen LogP contribution in [0, 0.1) is 0 Å². The summed E-state index contributed by atoms with van der Waals surface area (Å²) in [5, 5.41) is 29.3. The van der Waals surface area contributed by atoms with Gasteiger partial charge in [-0.2, -0.15) is 0 Å². The van der Waals surface area contributed by atoms with E-state index < -0.39 is 5.75 Å². The minimum absolute atomic E-state index is 0.381. The molecule has 0 spiro atoms. The monoisotopic (exact) mass is 332 g/mol. The van der Waals surface area contributed by atoms with Gasteiger partial charge in [0.25, 0.3) is 0 Å². The van der Waals surface area contributed by atoms with Gasteiger partial charge in [0.05, 0.1) is 11.0 Å². The molecule has 0 saturated heterocycles. The Morgan fingerprint density at radius 1 is 0.800 bits per heavy atom. The second-order valence-electron chi connectivity index (χ2n) is 5.86. The second-order valence-corrected chi connectivity index (χ2v) is 5.86. The van der Waals surface area contributed by atoms with Crippen molar-refractivity contribution in [1.82, 2.24) is 9.55 Å². The minimum atomic E-state index is -0.533. The van der Waals surface area contributed by atoms with Gasteiger partial charge in [0.1, 0.15) is 5.82 Å². The summed E-state index contributed by atoms with van der Waals surface area (Å²) >= 11 is 0. The first-order chi connectivity index (χ1) is 12.1. The number of imidazole rings is 1. The average Bonchev–Trinajstić information content (AvgIpc) is 2.99. The molecule has 0 amide bonds. The van der Waals surface area contributed by atoms with Gasteiger partial charge in [-0.25, -0.2) is 4.98 Å². The van der Waals surface area contributed by atoms with Crippen LogP contribution in [0.25, 0.3) is 22.4 Å². The minimum Gasteiger partial charge on any atom is -0.504 e. The van der Waals surface area contributed by atoms with E-state index in [4.69, 9.17) is 0 Å². The molecule has 5 nitrogen and oxygen atoms in total. The van der Waals surface area contributed by atoms with Crippen LogP contribution in [0.15, 0.2) is 66.7 Å². The summed E-state index contributed by atoms with van der Waals surface area (Å²) in [7, 11) is 0. The van der Waals surface area contributed by atoms with Crippen molar-refractivity contribution in [2.45, 2.75) is 6.54 Å². The predicted molar refractivity (Wildman–Crippen MR) is 95.7 cm³/mol. The molecule has 0 bridgehead atoms. The standard InChI is InChI=1S/C20H16N2O3/c23-17-10-14(11-18(24)19(17)25)20-21-15-8-4-5-9-16(15)22(20)12-13-6-2-1-3-7-13/h1-11,23-25H,12H2. The number of phenolic OH excluding ortho intramolecular Hbond substituents is 3. The van der Waals surface area contributed by atoms with Gasteiger partial charge in [-0.15, -0.1) is 0 Å². The molecular weight excluding hydrogens is 316 g/mol. The van der Waals surface area contributed by atoms with Crippen molar-refractivity contribution in [2.75, 3.05) is 0 Å². The van der Waals surface area contributed by atoms with E-state index in [2.05, 4.69) is 4.98 Å². The van der Waals surface area contributed by atoms with E-state index in [0.717, 1.165) is 16.6 Å². The van der Waals surface area contributed by atoms with Gasteiger partial charge in [-0.3, -0.25) is 0 Å². The molecule has 5 heteroatoms. The Balaban J connectivity index is 1.93. The first kappa shape index (κ1) is 15.1. The van der Waals surface area contributed by atoms with Crippen LogP contribution in [0.1, 0.15) is 5.56 Å². The van der Waals surface area contributed by atoms with Crippen LogP contribution in [-0.2, 0) is 6.54 Å². The van der Waals surface area contributed by atoms with Crippen LogP contribution in [0.2, 0.25) is 0 Å². The first-order valence-electron chi connectivity index (χ1n) is 7.88. The molecule has 0 aliphatic carbocycles. The van der Waals surface area contributed by atoms with Crippen molar-refractivity contribution < 1.29 is 15.3 Å². The van der Waals surface area contributed by atoms with Gasteiger partial charge >= 0.3 is 0 Å². The molecule has 0 fully saturated rings. The van der Waals surface area contributed by atoms with Crippen LogP contribution in [0.4, 0.5) is 0 Å². The molecule has 1 aromatic heterocycles. The largest absolute Gasteiger partial charge is 0.504 e. The molecule has 0 aliphatic heterocycles. The fraction of sp³-hybridized carbons (Fsp3) is 0.0500. The van der Waals surface area contributed by atoms with Crippen molar-refractivity contribution in [3.05, 3.63) is 72.3 Å². The summed E-state index contributed by atoms with van der Waals surface area (Å²) < 4.78 is 2.02. The smallest absolute Gasteiger partial charge is 0.200 e. The van der Waals surface area contributed by atoms with Crippen LogP contribution in [-0.4, -0.2) is 24.9 Å². The van der Waals surface area contributed by atoms with Gasteiger partial charge in [-0.05, 0) is 29.8 Å². The summed E-state index contributed by atoms with van der Waals surface area (Å²) in [6.07, 6.45) is 0. The Bertz CT molecular complexity index is 1030. The molecule has 0 unspecified atom stereocenters. The molecule has 0 atom stereocenters. The molecule has 1 heterocycles. The number of nitrogens with zero attached hydrogens (tertiary/aromatic N) is 2. The summed E-state index contributed by atoms with van der Waals surface area (Å²) in [5.41, 5.74) is 3.41. The lowest BCUT2D eigenvalue weighted by atomic mass is 10.1. The topological polar surface area (TPSA) is 78.5 Å². The van der Waals surface area contributed by atoms with Crippen LogP contribution < -0.4 is 0 Å². The maximum absolute atomic E-state index is 9.85. The summed E-state index contributed by atoms with van der Waals surface area (Å²) in [6, 6.07) is 20.5. The first-order valence-corrected chi connectivity index (χ1v) is 7.88. The maximum Gasteiger partial charge on any atom is 0.200 e. The van der Waals surface area contributed by atoms with Crippen LogP contribution >= 0.6 is 0 Å². The molecule has 3 aromatic carbocycles. The van der Waals surface area contributed by atoms with Gasteiger partial charge in [0, 0.05) is 12.1 Å². The van der Waals surface area contributed by atoms with Crippen molar-refractivity contribution in [2.24, 2.45) is 0 Å². The zero-order chi connectivity index (χ0) is 17.4. The average molecular weight is 332 g/mol. The van der Waals surface area contributed by atoms with Gasteiger partial charge in [-0.1, -0.05) is 42.5 Å². The van der Waals surface area contributed by atoms with E-state index in [-0.39, 0.29) is 11.5 Å². The van der Waals surface area contributed by atoms with Gasteiger partial charge in [0.2, 0.25) is 0 Å². The third-order valence-electron chi connectivity index (χ3n) is 4.17. The highest BCUT2D eigenvalue weighted by Crippen LogP contribution is 2.39. The lowest BCUT2D eigenvalue weighted by Crippen LogP contribution is -2.02. The Morgan fingerprint density at radius 2 is 1.44 bits per heavy atom. The Hall–Kier alpha value is -3.47. The van der Waals surface area contributed by atoms with E-state index in [0.29, 0.717) is 17.9 Å². The van der Waals surface area contributed by atoms with E-state index in [1.54, 1.807) is 0 Å². The highest BCUT2D eigenvalue weighted by Gasteiger charge is 2.16. The number of rotatable bonds is 3. The number of aromatic hydroxyl groups is 3. The van der Waals surface area contributed by atoms with E-state index >= 15 is 0 Å². The van der Waals surface area contributed by atoms with Crippen LogP contribution in [0.5, 0.6) is 17.2 Å². The maximum atomic E-state index is 9.85. The highest BCUT2D eigenvalue weighted by atomic mass is 16.3. The lowest BCUT2D eigenvalue weighted by Gasteiger charge is -2.11. The number of hydrogen-bond donors (Lipinski definition) is 3. The fourth-order valence-electron chi connectivity index (χ4n) is 2.96. The normalized spacial score (nSPS) is 11.0. The fourth-order valence-corrected chi connectivity index (χ4v) is 2.96. The SMILES string of the molecule is Oc1cc(-c2nc3ccccc3n2Cc2ccccc2)cc(O)c1O. The number of fused-ring (bicyclic) bond motifs is 1. The second kappa shape index (κ2) is 5.87. The third kappa shape index (κ3) is 2.65. The van der Waals surface area contributed by atoms with E-state index in [9.17, 15) is 15.3 Å². The molecule has 124 valence electrons. The zero-order valence-electron chi connectivity index (χ0n) is 13.3. The third-order valence-corrected chi connectivity index (χ3v) is 4.17. The van der Waals surface area contributed by atoms with E-state index in [1.807, 2.05) is 59.2 Å². The van der Waals surface area contributed by atoms with Crippen molar-refractivity contribution in [3.63, 3.8) is 0 Å². The molecule has 25 heavy (non-hydrogen) atoms. The highest BCUT2D eigenvalue weighted by molar-refractivity contribution is 5.81. The van der Waals surface area contributed by atoms with Crippen molar-refractivity contribution in [1.29, 1.82) is 0 Å². The van der Waals surface area contributed by atoms with Crippen molar-refractivity contribution >= 4 is 11.0 Å². The molecule has 0 radical (unpaired) electrons. The van der Waals surface area contributed by atoms with Gasteiger partial charge < -0.3 is 19.9 Å². The molecule has 4 aromatic rings. The Morgan fingerprint density at radius 3 is 2.16 bits per heavy atom. The van der Waals surface area contributed by atoms with Crippen LogP contribution in [0.3, 0.4) is 0 Å².